The van der Waals surface area contributed by atoms with Crippen molar-refractivity contribution in [3.05, 3.63) is 47.6 Å². The molecular formula is C77H132N4O26. The molecule has 30 nitrogen and oxygen atoms in total. The number of ketones is 2. The first-order chi connectivity index (χ1) is 51.6. The molecule has 3 fully saturated rings. The molecule has 0 aromatic rings. The molecule has 4 aliphatic rings. The maximum absolute atomic E-state index is 15.1. The standard InChI is InChI=1S/C77H132N4O26/c1-11-93-30-32-97-38-40-101-44-42-99-36-34-95-28-25-79-75(88)105-64-24-22-60(51-68(64)92-10)50-62(78)67-53-66(106-76(89)80-26-29-96-35-37-100-43-45-103-47-46-102-41-39-98-33-31-94-12-2)56(5)49-58(7)70(83)71(84)69(82)57(6)48-54(3)18-14-13-15-19-55(4)65(91-9)52-61-23-21-59(8)77(90,107-61)72(85)73(86)81-27-17-16-20-63(81)74(87)104-67/h13-15,18-19,49,54,56-57,59-68,70-71,83-84,90H,11-12,16-17,20-48,50-53,78H2,1-10H3,(H,79,88)(H,80,89)/b15-13+,18-14+,55-19+,58-49+/t54-,56-,57-,59-,60?,61+,62-,63+,64-,65+,66-,67+,68-,70-,71+,77-/m1/s1. The van der Waals surface area contributed by atoms with Crippen molar-refractivity contribution in [2.75, 3.05) is 179 Å². The van der Waals surface area contributed by atoms with Crippen LogP contribution in [-0.2, 0) is 99.7 Å². The quantitative estimate of drug-likeness (QED) is 0.0140. The van der Waals surface area contributed by atoms with E-state index >= 15 is 4.79 Å². The van der Waals surface area contributed by atoms with Crippen molar-refractivity contribution >= 4 is 35.6 Å². The highest BCUT2D eigenvalue weighted by molar-refractivity contribution is 6.39. The van der Waals surface area contributed by atoms with Crippen molar-refractivity contribution in [2.45, 2.75) is 199 Å². The Labute approximate surface area is 634 Å². The summed E-state index contributed by atoms with van der Waals surface area (Å²) in [4.78, 5) is 86.7. The molecule has 2 bridgehead atoms. The summed E-state index contributed by atoms with van der Waals surface area (Å²) >= 11 is 0. The number of alkyl carbamates (subject to hydrolysis) is 2. The number of fused-ring (bicyclic) bond motifs is 3. The molecule has 1 aliphatic carbocycles. The van der Waals surface area contributed by atoms with E-state index in [0.717, 1.165) is 10.5 Å². The molecule has 3 aliphatic heterocycles. The molecule has 30 heteroatoms. The molecule has 0 radical (unpaired) electrons. The van der Waals surface area contributed by atoms with Gasteiger partial charge in [-0.2, -0.15) is 0 Å². The Bertz CT molecular complexity index is 2620. The fourth-order valence-electron chi connectivity index (χ4n) is 13.1. The second-order valence-electron chi connectivity index (χ2n) is 27.8. The molecule has 0 spiro atoms. The molecule has 107 heavy (non-hydrogen) atoms. The summed E-state index contributed by atoms with van der Waals surface area (Å²) in [5.74, 6) is -8.97. The predicted molar refractivity (Wildman–Crippen MR) is 395 cm³/mol. The van der Waals surface area contributed by atoms with E-state index in [1.54, 1.807) is 40.9 Å². The Morgan fingerprint density at radius 3 is 1.62 bits per heavy atom. The summed E-state index contributed by atoms with van der Waals surface area (Å²) in [7, 11) is 3.06. The minimum Gasteiger partial charge on any atom is -0.459 e. The summed E-state index contributed by atoms with van der Waals surface area (Å²) in [5.41, 5.74) is 8.27. The van der Waals surface area contributed by atoms with E-state index in [4.69, 9.17) is 86.3 Å². The van der Waals surface area contributed by atoms with E-state index in [2.05, 4.69) is 10.6 Å². The molecule has 1 saturated carbocycles. The fraction of sp³-hybridized carbons (Fsp3) is 0.818. The van der Waals surface area contributed by atoms with Gasteiger partial charge in [-0.3, -0.25) is 14.4 Å². The van der Waals surface area contributed by atoms with Crippen molar-refractivity contribution in [1.29, 1.82) is 0 Å². The first-order valence-electron chi connectivity index (χ1n) is 38.7. The molecule has 0 aromatic carbocycles. The van der Waals surface area contributed by atoms with Crippen LogP contribution >= 0.6 is 0 Å². The SMILES string of the molecule is CCOCCOCCOCCOCCOCCNC(=O)O[C@@H]1CCC(C[C@@H](N)[C@@H]2C[C@@H](OC(=O)NCCOCCOCCOCCOCCOCCOCC)[C@H](C)/C=C(\C)[C@@H](O)[C@@H](O)C(=O)[C@H](C)C[C@H](C)/C=C/C=C/C=C(\C)[C@@H](OC)C[C@@H]3CC[C@@H](C)[C@@](O)(O3)C(=O)C(=O)N3CCCC[C@H]3C(=O)O2)C[C@H]1OC. The van der Waals surface area contributed by atoms with Crippen LogP contribution < -0.4 is 16.4 Å². The van der Waals surface area contributed by atoms with E-state index in [1.165, 1.54) is 7.11 Å². The van der Waals surface area contributed by atoms with E-state index in [-0.39, 0.29) is 89.2 Å². The Kier molecular flexibility index (Phi) is 49.0. The van der Waals surface area contributed by atoms with Gasteiger partial charge < -0.3 is 117 Å². The minimum atomic E-state index is -2.54. The largest absolute Gasteiger partial charge is 0.459 e. The predicted octanol–water partition coefficient (Wildman–Crippen LogP) is 5.70. The Morgan fingerprint density at radius 1 is 0.589 bits per heavy atom. The molecule has 1 unspecified atom stereocenters. The van der Waals surface area contributed by atoms with Crippen molar-refractivity contribution < 1.29 is 125 Å². The van der Waals surface area contributed by atoms with E-state index in [0.29, 0.717) is 170 Å². The number of nitrogens with one attached hydrogen (secondary N) is 2. The van der Waals surface area contributed by atoms with Gasteiger partial charge in [-0.15, -0.1) is 0 Å². The van der Waals surface area contributed by atoms with Crippen LogP contribution in [0.4, 0.5) is 9.59 Å². The van der Waals surface area contributed by atoms with Crippen molar-refractivity contribution in [2.24, 2.45) is 35.3 Å². The lowest BCUT2D eigenvalue weighted by molar-refractivity contribution is -0.265. The van der Waals surface area contributed by atoms with Crippen LogP contribution in [0.2, 0.25) is 0 Å². The summed E-state index contributed by atoms with van der Waals surface area (Å²) in [6, 6.07) is -2.32. The number of rotatable bonds is 42. The van der Waals surface area contributed by atoms with Gasteiger partial charge in [0.15, 0.2) is 5.78 Å². The molecule has 3 heterocycles. The first kappa shape index (κ1) is 94.4. The number of allylic oxidation sites excluding steroid dienone is 5. The lowest BCUT2D eigenvalue weighted by atomic mass is 9.80. The zero-order valence-corrected chi connectivity index (χ0v) is 65.5. The number of cyclic esters (lactones) is 1. The van der Waals surface area contributed by atoms with E-state index < -0.39 is 120 Å². The molecule has 7 N–H and O–H groups in total. The van der Waals surface area contributed by atoms with Gasteiger partial charge in [0.2, 0.25) is 5.79 Å². The number of ether oxygens (including phenoxy) is 17. The van der Waals surface area contributed by atoms with Crippen LogP contribution in [-0.4, -0.2) is 302 Å². The zero-order chi connectivity index (χ0) is 78.2. The number of carbonyl (C=O) groups is 6. The first-order valence-corrected chi connectivity index (χ1v) is 38.7. The molecule has 2 saturated heterocycles. The smallest absolute Gasteiger partial charge is 0.407 e. The number of nitrogens with zero attached hydrogens (tertiary/aromatic N) is 1. The normalized spacial score (nSPS) is 29.7. The van der Waals surface area contributed by atoms with Crippen LogP contribution in [0.1, 0.15) is 132 Å². The Balaban J connectivity index is 1.55. The van der Waals surface area contributed by atoms with E-state index in [1.807, 2.05) is 58.1 Å². The van der Waals surface area contributed by atoms with Crippen LogP contribution in [0.3, 0.4) is 0 Å². The number of carbonyl (C=O) groups excluding carboxylic acids is 6. The number of amides is 3. The van der Waals surface area contributed by atoms with Crippen LogP contribution in [0.5, 0.6) is 0 Å². The average Bonchev–Trinajstić information content (AvgIpc) is 0.774. The molecule has 3 amide bonds. The number of hydrogen-bond donors (Lipinski definition) is 6. The van der Waals surface area contributed by atoms with Crippen molar-refractivity contribution in [3.63, 3.8) is 0 Å². The summed E-state index contributed by atoms with van der Waals surface area (Å²) in [6.07, 6.45) is 4.56. The highest BCUT2D eigenvalue weighted by atomic mass is 16.6. The second-order valence-corrected chi connectivity index (χ2v) is 27.8. The van der Waals surface area contributed by atoms with Crippen molar-refractivity contribution in [1.82, 2.24) is 15.5 Å². The zero-order valence-electron chi connectivity index (χ0n) is 65.5. The Hall–Kier alpha value is -4.94. The highest BCUT2D eigenvalue weighted by Gasteiger charge is 2.53. The number of nitrogens with two attached hydrogens (primary N) is 1. The van der Waals surface area contributed by atoms with Gasteiger partial charge in [-0.25, -0.2) is 14.4 Å². The molecular weight excluding hydrogens is 1400 g/mol. The molecule has 0 aromatic heterocycles. The van der Waals surface area contributed by atoms with Gasteiger partial charge in [0.1, 0.15) is 36.6 Å². The second kappa shape index (κ2) is 55.5. The summed E-state index contributed by atoms with van der Waals surface area (Å²) in [6.45, 7) is 23.2. The third-order valence-electron chi connectivity index (χ3n) is 19.4. The number of aliphatic hydroxyl groups is 3. The van der Waals surface area contributed by atoms with Gasteiger partial charge in [0, 0.05) is 83.7 Å². The maximum Gasteiger partial charge on any atom is 0.407 e. The fourth-order valence-corrected chi connectivity index (χ4v) is 13.1. The Morgan fingerprint density at radius 2 is 1.10 bits per heavy atom. The number of aliphatic hydroxyl groups excluding tert-OH is 2. The summed E-state index contributed by atoms with van der Waals surface area (Å²) in [5, 5.41) is 40.9. The van der Waals surface area contributed by atoms with Crippen molar-refractivity contribution in [3.8, 4) is 0 Å². The minimum absolute atomic E-state index is 0.00271. The lowest BCUT2D eigenvalue weighted by Crippen LogP contribution is -2.61. The highest BCUT2D eigenvalue weighted by Crippen LogP contribution is 2.38. The number of Topliss-reactive ketones (excluding diaryl/α,β-unsaturated/α-hetero) is 2. The molecule has 16 atom stereocenters. The van der Waals surface area contributed by atoms with Gasteiger partial charge in [-0.05, 0) is 115 Å². The van der Waals surface area contributed by atoms with Gasteiger partial charge in [-0.1, -0.05) is 64.2 Å². The third kappa shape index (κ3) is 36.8. The lowest BCUT2D eigenvalue weighted by Gasteiger charge is -2.43. The molecule has 4 rings (SSSR count). The monoisotopic (exact) mass is 1530 g/mol. The van der Waals surface area contributed by atoms with Gasteiger partial charge in [0.05, 0.1) is 150 Å². The van der Waals surface area contributed by atoms with Crippen LogP contribution in [0.15, 0.2) is 47.6 Å². The maximum atomic E-state index is 15.1. The summed E-state index contributed by atoms with van der Waals surface area (Å²) < 4.78 is 97.2. The number of hydrogen-bond acceptors (Lipinski definition) is 27. The molecule has 616 valence electrons. The van der Waals surface area contributed by atoms with E-state index in [9.17, 15) is 39.3 Å². The number of methoxy groups -OCH3 is 2. The van der Waals surface area contributed by atoms with Gasteiger partial charge >= 0.3 is 18.2 Å². The van der Waals surface area contributed by atoms with Crippen LogP contribution in [0.25, 0.3) is 0 Å². The topological polar surface area (TPSA) is 373 Å². The average molecular weight is 1530 g/mol. The number of piperidine rings is 1. The number of esters is 1. The van der Waals surface area contributed by atoms with Crippen LogP contribution in [0, 0.1) is 29.6 Å². The third-order valence-corrected chi connectivity index (χ3v) is 19.4. The van der Waals surface area contributed by atoms with Gasteiger partial charge in [0.25, 0.3) is 11.7 Å².